The fraction of sp³-hybridized carbons (Fsp3) is 0.387. The molecule has 11 nitrogen and oxygen atoms in total. The smallest absolute Gasteiger partial charge is 0.328 e. The lowest BCUT2D eigenvalue weighted by Gasteiger charge is -2.26. The molecular weight excluding hydrogens is 599 g/mol. The van der Waals surface area contributed by atoms with Gasteiger partial charge >= 0.3 is 6.03 Å². The number of thiazole rings is 1. The number of ether oxygens (including phenoxy) is 1. The van der Waals surface area contributed by atoms with Crippen LogP contribution in [-0.4, -0.2) is 99.5 Å². The molecule has 0 unspecified atom stereocenters. The van der Waals surface area contributed by atoms with Crippen LogP contribution in [0.5, 0.6) is 5.88 Å². The van der Waals surface area contributed by atoms with Crippen molar-refractivity contribution in [2.45, 2.75) is 23.3 Å². The molecule has 0 saturated carbocycles. The van der Waals surface area contributed by atoms with Gasteiger partial charge < -0.3 is 14.5 Å². The third kappa shape index (κ3) is 5.89. The number of likely N-dealkylation sites (N-methyl/N-ethyl adjacent to an activating group) is 2. The normalized spacial score (nSPS) is 18.5. The van der Waals surface area contributed by atoms with Crippen LogP contribution in [0.15, 0.2) is 65.6 Å². The summed E-state index contributed by atoms with van der Waals surface area (Å²) in [6.45, 7) is 3.26. The lowest BCUT2D eigenvalue weighted by molar-refractivity contribution is 0.256. The Morgan fingerprint density at radius 3 is 2.57 bits per heavy atom. The summed E-state index contributed by atoms with van der Waals surface area (Å²) in [6.07, 6.45) is 0.822. The Balaban J connectivity index is 1.32. The molecule has 1 fully saturated rings. The Morgan fingerprint density at radius 1 is 1.07 bits per heavy atom. The molecule has 1 N–H and O–H groups in total. The van der Waals surface area contributed by atoms with E-state index in [-0.39, 0.29) is 22.9 Å². The van der Waals surface area contributed by atoms with Crippen molar-refractivity contribution < 1.29 is 17.9 Å². The third-order valence-corrected chi connectivity index (χ3v) is 11.1. The number of aromatic nitrogens is 2. The number of hydrogen-bond acceptors (Lipinski definition) is 9. The minimum atomic E-state index is -3.83. The van der Waals surface area contributed by atoms with Crippen molar-refractivity contribution in [3.05, 3.63) is 71.8 Å². The van der Waals surface area contributed by atoms with Crippen molar-refractivity contribution in [1.29, 1.82) is 0 Å². The van der Waals surface area contributed by atoms with Crippen LogP contribution in [0.25, 0.3) is 10.3 Å². The maximum atomic E-state index is 14.2. The first-order chi connectivity index (χ1) is 21.1. The number of pyridine rings is 1. The number of fused-ring (bicyclic) bond motifs is 3. The number of rotatable bonds is 9. The van der Waals surface area contributed by atoms with Crippen molar-refractivity contribution in [2.75, 3.05) is 71.2 Å². The summed E-state index contributed by atoms with van der Waals surface area (Å²) in [5.74, 6) is 0.481. The van der Waals surface area contributed by atoms with Gasteiger partial charge in [-0.05, 0) is 69.5 Å². The van der Waals surface area contributed by atoms with Crippen LogP contribution >= 0.6 is 11.3 Å². The number of likely N-dealkylation sites (tertiary alicyclic amines) is 1. The Hall–Kier alpha value is -3.62. The highest BCUT2D eigenvalue weighted by Gasteiger charge is 2.48. The molecule has 1 saturated heterocycles. The van der Waals surface area contributed by atoms with E-state index in [9.17, 15) is 13.2 Å². The first kappa shape index (κ1) is 30.4. The summed E-state index contributed by atoms with van der Waals surface area (Å²) >= 11 is 1.28. The lowest BCUT2D eigenvalue weighted by Crippen LogP contribution is -2.40. The van der Waals surface area contributed by atoms with E-state index >= 15 is 0 Å². The van der Waals surface area contributed by atoms with Crippen LogP contribution in [0, 0.1) is 0 Å². The average molecular weight is 636 g/mol. The highest BCUT2D eigenvalue weighted by molar-refractivity contribution is 7.89. The van der Waals surface area contributed by atoms with Gasteiger partial charge in [-0.1, -0.05) is 41.7 Å². The summed E-state index contributed by atoms with van der Waals surface area (Å²) < 4.78 is 35.1. The number of methoxy groups -OCH3 is 1. The van der Waals surface area contributed by atoms with Gasteiger partial charge in [0.15, 0.2) is 5.13 Å². The van der Waals surface area contributed by atoms with Crippen molar-refractivity contribution in [3.63, 3.8) is 0 Å². The Kier molecular flexibility index (Phi) is 8.33. The first-order valence-corrected chi connectivity index (χ1v) is 16.8. The number of carbonyl (C=O) groups excluding carboxylic acids is 1. The largest absolute Gasteiger partial charge is 0.481 e. The molecule has 2 aliphatic heterocycles. The van der Waals surface area contributed by atoms with Crippen LogP contribution in [-0.2, 0) is 22.0 Å². The van der Waals surface area contributed by atoms with E-state index < -0.39 is 10.0 Å². The molecule has 1 atom stereocenters. The van der Waals surface area contributed by atoms with E-state index in [0.717, 1.165) is 36.3 Å². The number of benzene rings is 2. The van der Waals surface area contributed by atoms with Gasteiger partial charge in [-0.25, -0.2) is 23.2 Å². The molecule has 44 heavy (non-hydrogen) atoms. The standard InChI is InChI=1S/C31H37N7O4S2/c1-35(2)16-17-37(19-22-8-6-5-7-9-22)44(40,41)23-10-12-26-24(18-23)31(14-15-36(3)20-31)21-38(26)30(39)34-29-32-25-11-13-27(42-4)33-28(25)43-29/h5-13,18H,14-17,19-21H2,1-4H3,(H,32,34,39)/t31-/m0/s1. The molecule has 2 amide bonds. The highest BCUT2D eigenvalue weighted by Crippen LogP contribution is 2.47. The molecule has 4 heterocycles. The fourth-order valence-corrected chi connectivity index (χ4v) is 8.34. The predicted molar refractivity (Wildman–Crippen MR) is 173 cm³/mol. The zero-order chi connectivity index (χ0) is 31.1. The Morgan fingerprint density at radius 2 is 1.86 bits per heavy atom. The van der Waals surface area contributed by atoms with Gasteiger partial charge in [-0.15, -0.1) is 0 Å². The number of sulfonamides is 1. The summed E-state index contributed by atoms with van der Waals surface area (Å²) in [5, 5.41) is 3.39. The average Bonchev–Trinajstić information content (AvgIpc) is 3.69. The molecule has 13 heteroatoms. The maximum absolute atomic E-state index is 14.2. The minimum absolute atomic E-state index is 0.244. The molecule has 2 aliphatic rings. The molecule has 232 valence electrons. The number of amides is 2. The van der Waals surface area contributed by atoms with Crippen LogP contribution in [0.4, 0.5) is 15.6 Å². The zero-order valence-electron chi connectivity index (χ0n) is 25.4. The molecule has 2 aromatic carbocycles. The van der Waals surface area contributed by atoms with E-state index in [2.05, 4.69) is 27.2 Å². The number of nitrogens with one attached hydrogen (secondary N) is 1. The van der Waals surface area contributed by atoms with Gasteiger partial charge in [0.2, 0.25) is 15.9 Å². The molecule has 0 radical (unpaired) electrons. The van der Waals surface area contributed by atoms with Crippen LogP contribution < -0.4 is 15.0 Å². The minimum Gasteiger partial charge on any atom is -0.481 e. The molecule has 4 aromatic rings. The van der Waals surface area contributed by atoms with Gasteiger partial charge in [0.25, 0.3) is 0 Å². The van der Waals surface area contributed by atoms with E-state index in [4.69, 9.17) is 4.74 Å². The van der Waals surface area contributed by atoms with Crippen LogP contribution in [0.1, 0.15) is 17.5 Å². The molecule has 6 rings (SSSR count). The maximum Gasteiger partial charge on any atom is 0.328 e. The molecule has 1 spiro atoms. The number of anilines is 2. The second-order valence-electron chi connectivity index (χ2n) is 11.8. The van der Waals surface area contributed by atoms with E-state index in [1.165, 1.54) is 11.3 Å². The van der Waals surface area contributed by atoms with E-state index in [1.807, 2.05) is 55.4 Å². The Labute approximate surface area is 262 Å². The van der Waals surface area contributed by atoms with Crippen molar-refractivity contribution >= 4 is 48.6 Å². The monoisotopic (exact) mass is 635 g/mol. The topological polar surface area (TPSA) is 111 Å². The predicted octanol–water partition coefficient (Wildman–Crippen LogP) is 4.08. The summed E-state index contributed by atoms with van der Waals surface area (Å²) in [6, 6.07) is 18.1. The van der Waals surface area contributed by atoms with Gasteiger partial charge in [-0.3, -0.25) is 10.2 Å². The summed E-state index contributed by atoms with van der Waals surface area (Å²) in [4.78, 5) is 29.5. The second-order valence-corrected chi connectivity index (χ2v) is 14.7. The van der Waals surface area contributed by atoms with E-state index in [0.29, 0.717) is 41.0 Å². The van der Waals surface area contributed by atoms with Crippen LogP contribution in [0.2, 0.25) is 0 Å². The highest BCUT2D eigenvalue weighted by atomic mass is 32.2. The number of nitrogens with zero attached hydrogens (tertiary/aromatic N) is 6. The first-order valence-electron chi connectivity index (χ1n) is 14.5. The molecule has 2 aromatic heterocycles. The van der Waals surface area contributed by atoms with Crippen molar-refractivity contribution in [2.24, 2.45) is 0 Å². The van der Waals surface area contributed by atoms with Gasteiger partial charge in [0, 0.05) is 49.9 Å². The lowest BCUT2D eigenvalue weighted by atomic mass is 9.81. The quantitative estimate of drug-likeness (QED) is 0.293. The zero-order valence-corrected chi connectivity index (χ0v) is 27.0. The molecule has 0 bridgehead atoms. The number of hydrogen-bond donors (Lipinski definition) is 1. The molecule has 0 aliphatic carbocycles. The van der Waals surface area contributed by atoms with E-state index in [1.54, 1.807) is 40.6 Å². The summed E-state index contributed by atoms with van der Waals surface area (Å²) in [7, 11) is 3.65. The van der Waals surface area contributed by atoms with Gasteiger partial charge in [-0.2, -0.15) is 4.31 Å². The Bertz CT molecular complexity index is 1780. The van der Waals surface area contributed by atoms with Crippen LogP contribution in [0.3, 0.4) is 0 Å². The van der Waals surface area contributed by atoms with Crippen molar-refractivity contribution in [1.82, 2.24) is 24.1 Å². The van der Waals surface area contributed by atoms with Gasteiger partial charge in [0.05, 0.1) is 12.0 Å². The fourth-order valence-electron chi connectivity index (χ4n) is 6.08. The van der Waals surface area contributed by atoms with Crippen molar-refractivity contribution in [3.8, 4) is 5.88 Å². The number of carbonyl (C=O) groups is 1. The second kappa shape index (κ2) is 12.1. The SMILES string of the molecule is COc1ccc2nc(NC(=O)N3C[C@@]4(CCN(C)C4)c4cc(S(=O)(=O)N(CCN(C)C)Cc5ccccc5)ccc43)sc2n1. The third-order valence-electron chi connectivity index (χ3n) is 8.37. The van der Waals surface area contributed by atoms with Gasteiger partial charge in [0.1, 0.15) is 10.3 Å². The number of urea groups is 1. The molecular formula is C31H37N7O4S2. The summed E-state index contributed by atoms with van der Waals surface area (Å²) in [5.41, 5.74) is 2.84.